The quantitative estimate of drug-likeness (QED) is 0.154. The Kier molecular flexibility index (Phi) is 9.36. The summed E-state index contributed by atoms with van der Waals surface area (Å²) in [5, 5.41) is 28.3. The van der Waals surface area contributed by atoms with Crippen molar-refractivity contribution in [3.05, 3.63) is 116 Å². The topological polar surface area (TPSA) is 166 Å². The van der Waals surface area contributed by atoms with E-state index < -0.39 is 63.3 Å². The fourth-order valence-electron chi connectivity index (χ4n) is 7.51. The van der Waals surface area contributed by atoms with Gasteiger partial charge in [-0.1, -0.05) is 60.7 Å². The van der Waals surface area contributed by atoms with Crippen LogP contribution in [0.2, 0.25) is 0 Å². The van der Waals surface area contributed by atoms with Crippen LogP contribution in [0.15, 0.2) is 75.2 Å². The van der Waals surface area contributed by atoms with Crippen molar-refractivity contribution in [3.8, 4) is 11.6 Å². The smallest absolute Gasteiger partial charge is 0.265 e. The van der Waals surface area contributed by atoms with Crippen molar-refractivity contribution in [1.29, 1.82) is 0 Å². The summed E-state index contributed by atoms with van der Waals surface area (Å²) in [6.07, 6.45) is 0.647. The number of aromatic nitrogens is 1. The van der Waals surface area contributed by atoms with Crippen LogP contribution >= 0.6 is 15.9 Å². The molecule has 4 atom stereocenters. The van der Waals surface area contributed by atoms with Gasteiger partial charge in [-0.15, -0.1) is 0 Å². The number of carbonyl (C=O) groups is 2. The van der Waals surface area contributed by atoms with Gasteiger partial charge in [-0.3, -0.25) is 18.7 Å². The molecule has 0 radical (unpaired) electrons. The number of hydrogen-bond donors (Lipinski definition) is 2. The van der Waals surface area contributed by atoms with E-state index in [1.165, 1.54) is 0 Å². The second-order valence-electron chi connectivity index (χ2n) is 13.4. The molecular formula is C37H34BrFN2O10S. The molecule has 0 unspecified atom stereocenters. The zero-order valence-electron chi connectivity index (χ0n) is 28.3. The van der Waals surface area contributed by atoms with Crippen LogP contribution in [0, 0.1) is 17.7 Å². The standard InChI is InChI=1S/C37H34BrFN2O10S/c1-41(2)30-24-15-21-14-22-26(32(48-16-19-10-6-4-7-11-19)28(38)23(29(22)39)18-50-52(3,46)47)31(42)25(21)34(43)37(24,45)35(44)27-33(30)51-40-36(27)49-17-20-12-8-5-9-13-20/h4-13,21,24,30,42,45H,14-18H2,1-3H3/t21-,24-,30-,37-/m0/s1. The van der Waals surface area contributed by atoms with Crippen LogP contribution in [0.1, 0.15) is 56.4 Å². The predicted octanol–water partition coefficient (Wildman–Crippen LogP) is 5.47. The molecule has 0 saturated heterocycles. The van der Waals surface area contributed by atoms with E-state index in [1.54, 1.807) is 43.3 Å². The summed E-state index contributed by atoms with van der Waals surface area (Å²) >= 11 is 3.34. The van der Waals surface area contributed by atoms with Gasteiger partial charge in [0.05, 0.1) is 28.9 Å². The van der Waals surface area contributed by atoms with E-state index >= 15 is 4.39 Å². The second kappa shape index (κ2) is 13.5. The molecule has 272 valence electrons. The van der Waals surface area contributed by atoms with Crippen LogP contribution in [0.5, 0.6) is 11.6 Å². The normalized spacial score (nSPS) is 22.5. The van der Waals surface area contributed by atoms with E-state index in [4.69, 9.17) is 18.2 Å². The monoisotopic (exact) mass is 796 g/mol. The first-order valence-corrected chi connectivity index (χ1v) is 18.9. The van der Waals surface area contributed by atoms with Crippen LogP contribution < -0.4 is 9.47 Å². The lowest BCUT2D eigenvalue weighted by Crippen LogP contribution is -2.63. The molecule has 3 aliphatic rings. The third-order valence-electron chi connectivity index (χ3n) is 9.87. The Morgan fingerprint density at radius 1 is 0.981 bits per heavy atom. The number of benzene rings is 3. The van der Waals surface area contributed by atoms with Gasteiger partial charge < -0.3 is 24.2 Å². The van der Waals surface area contributed by atoms with E-state index in [0.717, 1.165) is 17.4 Å². The van der Waals surface area contributed by atoms with Gasteiger partial charge in [0.15, 0.2) is 11.4 Å². The average molecular weight is 798 g/mol. The van der Waals surface area contributed by atoms with Gasteiger partial charge in [-0.2, -0.15) is 8.42 Å². The van der Waals surface area contributed by atoms with E-state index in [2.05, 4.69) is 21.1 Å². The zero-order chi connectivity index (χ0) is 37.1. The summed E-state index contributed by atoms with van der Waals surface area (Å²) < 4.78 is 63.0. The summed E-state index contributed by atoms with van der Waals surface area (Å²) in [6, 6.07) is 17.3. The number of rotatable bonds is 10. The molecule has 0 amide bonds. The average Bonchev–Trinajstić information content (AvgIpc) is 3.53. The maximum atomic E-state index is 16.5. The van der Waals surface area contributed by atoms with Gasteiger partial charge in [-0.05, 0) is 65.1 Å². The van der Waals surface area contributed by atoms with Crippen LogP contribution in [-0.4, -0.2) is 66.2 Å². The highest BCUT2D eigenvalue weighted by molar-refractivity contribution is 9.10. The lowest BCUT2D eigenvalue weighted by molar-refractivity contribution is -0.142. The molecule has 12 nitrogen and oxygen atoms in total. The predicted molar refractivity (Wildman–Crippen MR) is 187 cm³/mol. The van der Waals surface area contributed by atoms with E-state index in [9.17, 15) is 28.2 Å². The van der Waals surface area contributed by atoms with Gasteiger partial charge in [0, 0.05) is 22.6 Å². The molecule has 1 saturated carbocycles. The highest BCUT2D eigenvalue weighted by atomic mass is 79.9. The Bertz CT molecular complexity index is 2230. The number of halogens is 2. The molecule has 1 aromatic heterocycles. The Balaban J connectivity index is 1.34. The number of aliphatic hydroxyl groups excluding tert-OH is 1. The van der Waals surface area contributed by atoms with Crippen LogP contribution in [0.25, 0.3) is 5.76 Å². The first-order valence-electron chi connectivity index (χ1n) is 16.3. The lowest BCUT2D eigenvalue weighted by Gasteiger charge is -2.49. The molecule has 52 heavy (non-hydrogen) atoms. The number of nitrogens with zero attached hydrogens (tertiary/aromatic N) is 2. The maximum absolute atomic E-state index is 16.5. The molecule has 0 bridgehead atoms. The number of Topliss-reactive ketones (excluding diaryl/α,β-unsaturated/α-hetero) is 2. The van der Waals surface area contributed by atoms with Crippen molar-refractivity contribution in [2.45, 2.75) is 44.3 Å². The molecule has 4 aromatic rings. The van der Waals surface area contributed by atoms with Crippen molar-refractivity contribution in [3.63, 3.8) is 0 Å². The number of carbonyl (C=O) groups excluding carboxylic acids is 2. The van der Waals surface area contributed by atoms with Crippen molar-refractivity contribution >= 4 is 43.4 Å². The SMILES string of the molecule is CN(C)[C@@H]1c2onc(OCc3ccccc3)c2C(=O)[C@@]2(O)C(=O)C3=C(O)c4c(c(F)c(COS(C)(=O)=O)c(Br)c4OCc4ccccc4)C[C@H]3C[C@@H]12. The lowest BCUT2D eigenvalue weighted by atomic mass is 9.57. The van der Waals surface area contributed by atoms with E-state index in [-0.39, 0.29) is 75.7 Å². The van der Waals surface area contributed by atoms with Crippen molar-refractivity contribution in [1.82, 2.24) is 10.1 Å². The summed E-state index contributed by atoms with van der Waals surface area (Å²) in [5.41, 5.74) is -1.95. The number of hydrogen-bond acceptors (Lipinski definition) is 12. The number of ether oxygens (including phenoxy) is 2. The van der Waals surface area contributed by atoms with Gasteiger partial charge in [-0.25, -0.2) is 4.39 Å². The summed E-state index contributed by atoms with van der Waals surface area (Å²) in [5.74, 6) is -5.64. The van der Waals surface area contributed by atoms with Gasteiger partial charge in [0.2, 0.25) is 11.6 Å². The van der Waals surface area contributed by atoms with Gasteiger partial charge in [0.1, 0.15) is 36.1 Å². The van der Waals surface area contributed by atoms with Gasteiger partial charge >= 0.3 is 0 Å². The third-order valence-corrected chi connectivity index (χ3v) is 11.3. The van der Waals surface area contributed by atoms with Gasteiger partial charge in [0.25, 0.3) is 16.0 Å². The zero-order valence-corrected chi connectivity index (χ0v) is 30.7. The largest absolute Gasteiger partial charge is 0.507 e. The molecule has 0 spiro atoms. The second-order valence-corrected chi connectivity index (χ2v) is 15.8. The third kappa shape index (κ3) is 6.03. The number of ketones is 2. The summed E-state index contributed by atoms with van der Waals surface area (Å²) in [6.45, 7) is -0.686. The molecule has 7 rings (SSSR count). The first-order chi connectivity index (χ1) is 24.7. The molecular weight excluding hydrogens is 763 g/mol. The summed E-state index contributed by atoms with van der Waals surface area (Å²) in [7, 11) is -0.587. The Labute approximate surface area is 307 Å². The molecule has 1 fully saturated rings. The highest BCUT2D eigenvalue weighted by Gasteiger charge is 2.65. The van der Waals surface area contributed by atoms with Crippen LogP contribution in [0.4, 0.5) is 4.39 Å². The van der Waals surface area contributed by atoms with Crippen molar-refractivity contribution in [2.24, 2.45) is 11.8 Å². The molecule has 1 heterocycles. The molecule has 3 aliphatic carbocycles. The summed E-state index contributed by atoms with van der Waals surface area (Å²) in [4.78, 5) is 30.7. The highest BCUT2D eigenvalue weighted by Crippen LogP contribution is 2.57. The Morgan fingerprint density at radius 2 is 1.60 bits per heavy atom. The maximum Gasteiger partial charge on any atom is 0.265 e. The molecule has 3 aromatic carbocycles. The minimum Gasteiger partial charge on any atom is -0.507 e. The fraction of sp³-hybridized carbons (Fsp3) is 0.324. The minimum absolute atomic E-state index is 0.0315. The van der Waals surface area contributed by atoms with Crippen molar-refractivity contribution < 1.29 is 50.8 Å². The van der Waals surface area contributed by atoms with Crippen LogP contribution in [-0.2, 0) is 45.3 Å². The minimum atomic E-state index is -3.98. The molecule has 2 N–H and O–H groups in total. The van der Waals surface area contributed by atoms with Crippen molar-refractivity contribution in [2.75, 3.05) is 20.4 Å². The number of fused-ring (bicyclic) bond motifs is 4. The molecule has 15 heteroatoms. The Hall–Kier alpha value is -4.41. The van der Waals surface area contributed by atoms with E-state index in [1.807, 2.05) is 36.4 Å². The first kappa shape index (κ1) is 36.0. The Morgan fingerprint density at radius 3 is 2.19 bits per heavy atom. The molecule has 0 aliphatic heterocycles. The fourth-order valence-corrected chi connectivity index (χ4v) is 8.45. The number of aliphatic hydroxyl groups is 2. The van der Waals surface area contributed by atoms with E-state index in [0.29, 0.717) is 0 Å². The van der Waals surface area contributed by atoms with Crippen LogP contribution in [0.3, 0.4) is 0 Å².